The Labute approximate surface area is 122 Å². The molecule has 0 radical (unpaired) electrons. The monoisotopic (exact) mass is 299 g/mol. The molecule has 112 valence electrons. The van der Waals surface area contributed by atoms with E-state index in [4.69, 9.17) is 5.11 Å². The molecule has 0 aliphatic carbocycles. The molecular formula is C13H21N3O3S. The van der Waals surface area contributed by atoms with Crippen molar-refractivity contribution in [3.63, 3.8) is 0 Å². The van der Waals surface area contributed by atoms with Gasteiger partial charge >= 0.3 is 12.0 Å². The van der Waals surface area contributed by atoms with Gasteiger partial charge in [0.25, 0.3) is 0 Å². The number of aromatic carboxylic acids is 1. The molecule has 1 aromatic heterocycles. The molecule has 1 rings (SSSR count). The third-order valence-corrected chi connectivity index (χ3v) is 3.42. The number of carbonyl (C=O) groups is 2. The zero-order valence-electron chi connectivity index (χ0n) is 11.8. The fourth-order valence-electron chi connectivity index (χ4n) is 1.77. The summed E-state index contributed by atoms with van der Waals surface area (Å²) in [5, 5.41) is 14.3. The zero-order valence-corrected chi connectivity index (χ0v) is 12.6. The number of thioether (sulfide) groups is 1. The minimum Gasteiger partial charge on any atom is -0.477 e. The lowest BCUT2D eigenvalue weighted by atomic mass is 10.2. The predicted octanol–water partition coefficient (Wildman–Crippen LogP) is 2.68. The number of hydrogen-bond acceptors (Lipinski definition) is 3. The number of carbonyl (C=O) groups excluding carboxylic acids is 1. The standard InChI is InChI=1S/C13H21N3O3S/c1-9-8-10(11(15-9)12(17)18)16-13(19)14-6-4-3-5-7-20-2/h8,15H,3-7H2,1-2H3,(H,17,18)(H2,14,16,19). The van der Waals surface area contributed by atoms with Crippen LogP contribution in [0.2, 0.25) is 0 Å². The quantitative estimate of drug-likeness (QED) is 0.555. The topological polar surface area (TPSA) is 94.2 Å². The van der Waals surface area contributed by atoms with Crippen LogP contribution < -0.4 is 10.6 Å². The van der Waals surface area contributed by atoms with Crippen molar-refractivity contribution < 1.29 is 14.7 Å². The van der Waals surface area contributed by atoms with E-state index in [1.807, 2.05) is 11.8 Å². The van der Waals surface area contributed by atoms with Crippen molar-refractivity contribution in [2.24, 2.45) is 0 Å². The molecule has 0 saturated heterocycles. The van der Waals surface area contributed by atoms with Crippen LogP contribution >= 0.6 is 11.8 Å². The molecule has 0 aliphatic rings. The summed E-state index contributed by atoms with van der Waals surface area (Å²) in [5.41, 5.74) is 0.974. The van der Waals surface area contributed by atoms with E-state index in [1.165, 1.54) is 0 Å². The molecule has 1 heterocycles. The number of amides is 2. The van der Waals surface area contributed by atoms with Gasteiger partial charge in [-0.15, -0.1) is 0 Å². The number of nitrogens with one attached hydrogen (secondary N) is 3. The van der Waals surface area contributed by atoms with Crippen LogP contribution in [0.1, 0.15) is 35.4 Å². The van der Waals surface area contributed by atoms with Gasteiger partial charge in [-0.25, -0.2) is 9.59 Å². The first kappa shape index (κ1) is 16.4. The van der Waals surface area contributed by atoms with Crippen molar-refractivity contribution in [1.29, 1.82) is 0 Å². The van der Waals surface area contributed by atoms with Crippen molar-refractivity contribution >= 4 is 29.4 Å². The highest BCUT2D eigenvalue weighted by Crippen LogP contribution is 2.16. The summed E-state index contributed by atoms with van der Waals surface area (Å²) in [4.78, 5) is 25.3. The second kappa shape index (κ2) is 8.52. The highest BCUT2D eigenvalue weighted by Gasteiger charge is 2.14. The van der Waals surface area contributed by atoms with Gasteiger partial charge in [0.1, 0.15) is 5.69 Å². The average molecular weight is 299 g/mol. The number of carboxylic acid groups (broad SMARTS) is 1. The molecule has 2 amide bonds. The summed E-state index contributed by atoms with van der Waals surface area (Å²) < 4.78 is 0. The molecule has 20 heavy (non-hydrogen) atoms. The van der Waals surface area contributed by atoms with E-state index in [-0.39, 0.29) is 17.4 Å². The molecule has 0 unspecified atom stereocenters. The van der Waals surface area contributed by atoms with E-state index < -0.39 is 5.97 Å². The normalized spacial score (nSPS) is 10.3. The number of aryl methyl sites for hydroxylation is 1. The Kier molecular flexibility index (Phi) is 7.00. The summed E-state index contributed by atoms with van der Waals surface area (Å²) in [5.74, 6) is 0.0435. The number of carboxylic acids is 1. The van der Waals surface area contributed by atoms with Gasteiger partial charge in [0, 0.05) is 12.2 Å². The molecule has 6 nitrogen and oxygen atoms in total. The van der Waals surface area contributed by atoms with Gasteiger partial charge in [0.05, 0.1) is 5.69 Å². The number of H-pyrrole nitrogens is 1. The van der Waals surface area contributed by atoms with Crippen LogP contribution in [0.25, 0.3) is 0 Å². The number of hydrogen-bond donors (Lipinski definition) is 4. The molecule has 0 atom stereocenters. The Morgan fingerprint density at radius 1 is 1.35 bits per heavy atom. The van der Waals surface area contributed by atoms with Gasteiger partial charge in [-0.3, -0.25) is 0 Å². The Hall–Kier alpha value is -1.63. The molecule has 0 spiro atoms. The van der Waals surface area contributed by atoms with E-state index in [0.717, 1.165) is 25.0 Å². The lowest BCUT2D eigenvalue weighted by molar-refractivity contribution is 0.0692. The Morgan fingerprint density at radius 2 is 2.10 bits per heavy atom. The number of anilines is 1. The molecule has 4 N–H and O–H groups in total. The molecule has 0 saturated carbocycles. The van der Waals surface area contributed by atoms with Gasteiger partial charge in [-0.05, 0) is 37.8 Å². The van der Waals surface area contributed by atoms with Crippen LogP contribution in [0.4, 0.5) is 10.5 Å². The van der Waals surface area contributed by atoms with Gasteiger partial charge in [-0.2, -0.15) is 11.8 Å². The smallest absolute Gasteiger partial charge is 0.354 e. The van der Waals surface area contributed by atoms with Gasteiger partial charge in [0.2, 0.25) is 0 Å². The fourth-order valence-corrected chi connectivity index (χ4v) is 2.27. The zero-order chi connectivity index (χ0) is 15.0. The maximum Gasteiger partial charge on any atom is 0.354 e. The van der Waals surface area contributed by atoms with Crippen molar-refractivity contribution in [2.75, 3.05) is 23.9 Å². The number of unbranched alkanes of at least 4 members (excludes halogenated alkanes) is 2. The van der Waals surface area contributed by atoms with Crippen LogP contribution in [-0.4, -0.2) is 40.6 Å². The van der Waals surface area contributed by atoms with E-state index >= 15 is 0 Å². The Morgan fingerprint density at radius 3 is 2.75 bits per heavy atom. The Balaban J connectivity index is 2.34. The van der Waals surface area contributed by atoms with Crippen LogP contribution in [0.5, 0.6) is 0 Å². The van der Waals surface area contributed by atoms with Crippen LogP contribution in [-0.2, 0) is 0 Å². The molecule has 0 bridgehead atoms. The second-order valence-corrected chi connectivity index (χ2v) is 5.47. The molecule has 1 aromatic rings. The van der Waals surface area contributed by atoms with E-state index in [1.54, 1.807) is 13.0 Å². The number of urea groups is 1. The average Bonchev–Trinajstić information content (AvgIpc) is 2.74. The summed E-state index contributed by atoms with van der Waals surface area (Å²) in [6, 6.07) is 1.22. The summed E-state index contributed by atoms with van der Waals surface area (Å²) in [7, 11) is 0. The SMILES string of the molecule is CSCCCCCNC(=O)Nc1cc(C)[nH]c1C(=O)O. The minimum atomic E-state index is -1.09. The maximum atomic E-state index is 11.7. The maximum absolute atomic E-state index is 11.7. The summed E-state index contributed by atoms with van der Waals surface area (Å²) in [6.07, 6.45) is 5.21. The molecule has 7 heteroatoms. The number of rotatable bonds is 8. The summed E-state index contributed by atoms with van der Waals surface area (Å²) in [6.45, 7) is 2.33. The highest BCUT2D eigenvalue weighted by atomic mass is 32.2. The number of aromatic nitrogens is 1. The van der Waals surface area contributed by atoms with Crippen molar-refractivity contribution in [3.05, 3.63) is 17.5 Å². The molecule has 0 fully saturated rings. The largest absolute Gasteiger partial charge is 0.477 e. The van der Waals surface area contributed by atoms with Crippen molar-refractivity contribution in [2.45, 2.75) is 26.2 Å². The van der Waals surface area contributed by atoms with Gasteiger partial charge in [-0.1, -0.05) is 6.42 Å². The second-order valence-electron chi connectivity index (χ2n) is 4.48. The van der Waals surface area contributed by atoms with Crippen LogP contribution in [0.3, 0.4) is 0 Å². The molecule has 0 aliphatic heterocycles. The van der Waals surface area contributed by atoms with E-state index in [2.05, 4.69) is 21.9 Å². The minimum absolute atomic E-state index is 0.00220. The predicted molar refractivity (Wildman–Crippen MR) is 81.7 cm³/mol. The molecule has 0 aromatic carbocycles. The number of aromatic amines is 1. The van der Waals surface area contributed by atoms with Crippen molar-refractivity contribution in [1.82, 2.24) is 10.3 Å². The lowest BCUT2D eigenvalue weighted by Crippen LogP contribution is -2.30. The first-order valence-electron chi connectivity index (χ1n) is 6.51. The van der Waals surface area contributed by atoms with Crippen LogP contribution in [0.15, 0.2) is 6.07 Å². The van der Waals surface area contributed by atoms with Gasteiger partial charge in [0.15, 0.2) is 0 Å². The highest BCUT2D eigenvalue weighted by molar-refractivity contribution is 7.98. The summed E-state index contributed by atoms with van der Waals surface area (Å²) >= 11 is 1.82. The first-order valence-corrected chi connectivity index (χ1v) is 7.90. The van der Waals surface area contributed by atoms with Crippen LogP contribution in [0, 0.1) is 6.92 Å². The third-order valence-electron chi connectivity index (χ3n) is 2.73. The van der Waals surface area contributed by atoms with Gasteiger partial charge < -0.3 is 20.7 Å². The van der Waals surface area contributed by atoms with E-state index in [9.17, 15) is 9.59 Å². The van der Waals surface area contributed by atoms with Crippen molar-refractivity contribution in [3.8, 4) is 0 Å². The third kappa shape index (κ3) is 5.56. The lowest BCUT2D eigenvalue weighted by Gasteiger charge is -2.07. The molecular weight excluding hydrogens is 278 g/mol. The Bertz CT molecular complexity index is 460. The first-order chi connectivity index (χ1) is 9.54. The van der Waals surface area contributed by atoms with E-state index in [0.29, 0.717) is 12.2 Å². The fraction of sp³-hybridized carbons (Fsp3) is 0.538.